The van der Waals surface area contributed by atoms with Crippen molar-refractivity contribution in [3.05, 3.63) is 117 Å². The molecular formula is C29H20F3IN2O4. The molecule has 0 radical (unpaired) electrons. The minimum absolute atomic E-state index is 0.0110. The molecule has 0 saturated heterocycles. The molecule has 4 aromatic rings. The number of nitriles is 1. The number of hydrogen-bond acceptors (Lipinski definition) is 4. The van der Waals surface area contributed by atoms with Gasteiger partial charge in [0.05, 0.1) is 23.4 Å². The number of halogens is 4. The van der Waals surface area contributed by atoms with Crippen LogP contribution in [0.2, 0.25) is 0 Å². The summed E-state index contributed by atoms with van der Waals surface area (Å²) in [6, 6.07) is 19.8. The molecule has 0 aliphatic carbocycles. The van der Waals surface area contributed by atoms with Crippen molar-refractivity contribution in [3.8, 4) is 28.8 Å². The van der Waals surface area contributed by atoms with Crippen LogP contribution in [0.25, 0.3) is 11.3 Å². The lowest BCUT2D eigenvalue weighted by atomic mass is 10.0. The fourth-order valence-electron chi connectivity index (χ4n) is 4.09. The van der Waals surface area contributed by atoms with E-state index in [-0.39, 0.29) is 23.6 Å². The molecule has 0 aliphatic rings. The standard InChI is InChI=1S/C29H20F3IN2O4/c1-17-11-18(14-33)5-6-21(17)16-35-26(13-25(29(30,31)32)24(15-34)27(35)36)19-7-9-22(10-8-19)39-23-4-2-3-20(12-23)28(37)38/h2-13H,14,16H2,1H3,(H,37,38). The maximum atomic E-state index is 13.9. The number of hydrogen-bond donors (Lipinski definition) is 1. The Morgan fingerprint density at radius 1 is 1.05 bits per heavy atom. The highest BCUT2D eigenvalue weighted by atomic mass is 127. The molecule has 0 bridgehead atoms. The molecular weight excluding hydrogens is 624 g/mol. The Hall–Kier alpha value is -4.11. The molecule has 39 heavy (non-hydrogen) atoms. The lowest BCUT2D eigenvalue weighted by Gasteiger charge is -2.19. The van der Waals surface area contributed by atoms with Crippen LogP contribution in [0.1, 0.15) is 38.2 Å². The molecule has 1 heterocycles. The third-order valence-electron chi connectivity index (χ3n) is 6.07. The van der Waals surface area contributed by atoms with E-state index < -0.39 is 28.8 Å². The Kier molecular flexibility index (Phi) is 8.11. The summed E-state index contributed by atoms with van der Waals surface area (Å²) in [5.41, 5.74) is -0.313. The highest BCUT2D eigenvalue weighted by Crippen LogP contribution is 2.34. The van der Waals surface area contributed by atoms with Gasteiger partial charge in [0.25, 0.3) is 5.56 Å². The van der Waals surface area contributed by atoms with E-state index in [9.17, 15) is 28.0 Å². The summed E-state index contributed by atoms with van der Waals surface area (Å²) in [6.07, 6.45) is -4.91. The van der Waals surface area contributed by atoms with Crippen LogP contribution in [-0.4, -0.2) is 15.6 Å². The van der Waals surface area contributed by atoms with Crippen LogP contribution < -0.4 is 10.3 Å². The first-order chi connectivity index (χ1) is 18.5. The third kappa shape index (κ3) is 6.15. The molecule has 0 saturated carbocycles. The van der Waals surface area contributed by atoms with Crippen molar-refractivity contribution in [2.24, 2.45) is 0 Å². The van der Waals surface area contributed by atoms with Crippen LogP contribution in [0, 0.1) is 18.3 Å². The van der Waals surface area contributed by atoms with Gasteiger partial charge in [-0.15, -0.1) is 0 Å². The molecule has 4 rings (SSSR count). The number of pyridine rings is 1. The zero-order valence-electron chi connectivity index (χ0n) is 20.4. The Morgan fingerprint density at radius 2 is 1.77 bits per heavy atom. The molecule has 0 fully saturated rings. The number of carbonyl (C=O) groups is 1. The van der Waals surface area contributed by atoms with Crippen LogP contribution in [-0.2, 0) is 17.1 Å². The number of aryl methyl sites for hydroxylation is 1. The maximum absolute atomic E-state index is 13.9. The quantitative estimate of drug-likeness (QED) is 0.170. The Bertz CT molecular complexity index is 1660. The van der Waals surface area contributed by atoms with Gasteiger partial charge in [-0.3, -0.25) is 4.79 Å². The van der Waals surface area contributed by atoms with Gasteiger partial charge in [-0.05, 0) is 77.7 Å². The SMILES string of the molecule is Cc1cc(CI)ccc1Cn1c(-c2ccc(Oc3cccc(C(=O)O)c3)cc2)cc(C(F)(F)F)c(C#N)c1=O. The number of carboxylic acid groups (broad SMARTS) is 1. The number of benzene rings is 3. The van der Waals surface area contributed by atoms with E-state index in [1.165, 1.54) is 53.1 Å². The van der Waals surface area contributed by atoms with Gasteiger partial charge in [0.2, 0.25) is 0 Å². The predicted molar refractivity (Wildman–Crippen MR) is 147 cm³/mol. The van der Waals surface area contributed by atoms with Crippen molar-refractivity contribution in [2.45, 2.75) is 24.1 Å². The number of aromatic carboxylic acids is 1. The number of nitrogens with zero attached hydrogens (tertiary/aromatic N) is 2. The highest BCUT2D eigenvalue weighted by molar-refractivity contribution is 14.1. The lowest BCUT2D eigenvalue weighted by Crippen LogP contribution is -2.29. The average Bonchev–Trinajstić information content (AvgIpc) is 2.90. The van der Waals surface area contributed by atoms with Crippen molar-refractivity contribution >= 4 is 28.6 Å². The molecule has 0 aliphatic heterocycles. The molecule has 198 valence electrons. The van der Waals surface area contributed by atoms with Crippen LogP contribution in [0.5, 0.6) is 11.5 Å². The summed E-state index contributed by atoms with van der Waals surface area (Å²) in [5.74, 6) is -0.540. The molecule has 0 unspecified atom stereocenters. The van der Waals surface area contributed by atoms with E-state index in [1.807, 2.05) is 25.1 Å². The molecule has 1 aromatic heterocycles. The van der Waals surface area contributed by atoms with Crippen molar-refractivity contribution in [1.29, 1.82) is 5.26 Å². The first kappa shape index (κ1) is 27.9. The van der Waals surface area contributed by atoms with Gasteiger partial charge < -0.3 is 14.4 Å². The predicted octanol–water partition coefficient (Wildman–Crippen LogP) is 7.19. The molecule has 0 spiro atoms. The van der Waals surface area contributed by atoms with Gasteiger partial charge >= 0.3 is 12.1 Å². The van der Waals surface area contributed by atoms with Gasteiger partial charge in [0.15, 0.2) is 0 Å². The zero-order valence-corrected chi connectivity index (χ0v) is 22.6. The highest BCUT2D eigenvalue weighted by Gasteiger charge is 2.36. The fourth-order valence-corrected chi connectivity index (χ4v) is 4.56. The second kappa shape index (κ2) is 11.3. The molecule has 10 heteroatoms. The summed E-state index contributed by atoms with van der Waals surface area (Å²) in [7, 11) is 0. The van der Waals surface area contributed by atoms with Crippen molar-refractivity contribution < 1.29 is 27.8 Å². The summed E-state index contributed by atoms with van der Waals surface area (Å²) < 4.78 is 49.2. The summed E-state index contributed by atoms with van der Waals surface area (Å²) in [5, 5.41) is 18.6. The Balaban J connectivity index is 1.80. The monoisotopic (exact) mass is 644 g/mol. The molecule has 0 amide bonds. The second-order valence-corrected chi connectivity index (χ2v) is 9.44. The van der Waals surface area contributed by atoms with E-state index in [0.29, 0.717) is 11.3 Å². The minimum atomic E-state index is -4.91. The summed E-state index contributed by atoms with van der Waals surface area (Å²) >= 11 is 2.22. The largest absolute Gasteiger partial charge is 0.478 e. The first-order valence-corrected chi connectivity index (χ1v) is 13.1. The number of carboxylic acids is 1. The fraction of sp³-hybridized carbons (Fsp3) is 0.138. The van der Waals surface area contributed by atoms with E-state index in [1.54, 1.807) is 6.07 Å². The van der Waals surface area contributed by atoms with Crippen LogP contribution >= 0.6 is 22.6 Å². The number of rotatable bonds is 7. The van der Waals surface area contributed by atoms with E-state index in [0.717, 1.165) is 27.2 Å². The number of alkyl halides is 4. The van der Waals surface area contributed by atoms with Crippen molar-refractivity contribution in [2.75, 3.05) is 0 Å². The summed E-state index contributed by atoms with van der Waals surface area (Å²) in [6.45, 7) is 1.82. The van der Waals surface area contributed by atoms with Crippen LogP contribution in [0.4, 0.5) is 13.2 Å². The van der Waals surface area contributed by atoms with E-state index in [4.69, 9.17) is 9.84 Å². The normalized spacial score (nSPS) is 11.2. The second-order valence-electron chi connectivity index (χ2n) is 8.67. The van der Waals surface area contributed by atoms with Gasteiger partial charge in [-0.2, -0.15) is 18.4 Å². The van der Waals surface area contributed by atoms with Crippen LogP contribution in [0.15, 0.2) is 77.6 Å². The van der Waals surface area contributed by atoms with E-state index >= 15 is 0 Å². The van der Waals surface area contributed by atoms with Crippen molar-refractivity contribution in [3.63, 3.8) is 0 Å². The molecule has 0 atom stereocenters. The van der Waals surface area contributed by atoms with Gasteiger partial charge in [0, 0.05) is 4.43 Å². The Morgan fingerprint density at radius 3 is 2.36 bits per heavy atom. The molecule has 1 N–H and O–H groups in total. The summed E-state index contributed by atoms with van der Waals surface area (Å²) in [4.78, 5) is 24.5. The zero-order chi connectivity index (χ0) is 28.3. The maximum Gasteiger partial charge on any atom is 0.417 e. The van der Waals surface area contributed by atoms with Gasteiger partial charge in [-0.25, -0.2) is 4.79 Å². The first-order valence-electron chi connectivity index (χ1n) is 11.5. The third-order valence-corrected chi connectivity index (χ3v) is 6.95. The smallest absolute Gasteiger partial charge is 0.417 e. The topological polar surface area (TPSA) is 92.3 Å². The van der Waals surface area contributed by atoms with Crippen molar-refractivity contribution in [1.82, 2.24) is 4.57 Å². The van der Waals surface area contributed by atoms with Gasteiger partial charge in [0.1, 0.15) is 23.1 Å². The number of aromatic nitrogens is 1. The Labute approximate surface area is 235 Å². The minimum Gasteiger partial charge on any atom is -0.478 e. The lowest BCUT2D eigenvalue weighted by molar-refractivity contribution is -0.137. The molecule has 3 aromatic carbocycles. The number of ether oxygens (including phenoxy) is 1. The average molecular weight is 644 g/mol. The van der Waals surface area contributed by atoms with E-state index in [2.05, 4.69) is 22.6 Å². The van der Waals surface area contributed by atoms with Gasteiger partial charge in [-0.1, -0.05) is 46.9 Å². The van der Waals surface area contributed by atoms with Crippen LogP contribution in [0.3, 0.4) is 0 Å². The molecule has 6 nitrogen and oxygen atoms in total.